The number of hydrogen-bond acceptors (Lipinski definition) is 5. The van der Waals surface area contributed by atoms with E-state index in [0.29, 0.717) is 6.54 Å². The van der Waals surface area contributed by atoms with Crippen molar-refractivity contribution in [2.45, 2.75) is 44.2 Å². The molecule has 1 fully saturated rings. The number of amides is 1. The van der Waals surface area contributed by atoms with Gasteiger partial charge in [-0.25, -0.2) is 18.7 Å². The molecule has 3 N–H and O–H groups in total. The van der Waals surface area contributed by atoms with Crippen molar-refractivity contribution in [1.29, 1.82) is 0 Å². The number of carbonyl (C=O) groups is 1. The number of anilines is 2. The minimum Gasteiger partial charge on any atom is -0.369 e. The van der Waals surface area contributed by atoms with Crippen molar-refractivity contribution in [2.24, 2.45) is 5.73 Å². The fourth-order valence-electron chi connectivity index (χ4n) is 4.09. The molecule has 0 aliphatic heterocycles. The summed E-state index contributed by atoms with van der Waals surface area (Å²) in [7, 11) is 1.75. The molecule has 0 atom stereocenters. The number of nitrogens with zero attached hydrogens (tertiary/aromatic N) is 3. The lowest BCUT2D eigenvalue weighted by atomic mass is 9.99. The smallest absolute Gasteiger partial charge is 0.270 e. The molecule has 0 radical (unpaired) electrons. The van der Waals surface area contributed by atoms with Gasteiger partial charge in [0.2, 0.25) is 11.7 Å². The van der Waals surface area contributed by atoms with Crippen LogP contribution in [0.25, 0.3) is 0 Å². The topological polar surface area (TPSA) is 84.1 Å². The molecule has 4 rings (SSSR count). The van der Waals surface area contributed by atoms with Crippen molar-refractivity contribution in [3.8, 4) is 0 Å². The van der Waals surface area contributed by atoms with Crippen molar-refractivity contribution in [1.82, 2.24) is 9.97 Å². The lowest BCUT2D eigenvalue weighted by Gasteiger charge is -2.30. The molecule has 1 aromatic heterocycles. The van der Waals surface area contributed by atoms with Crippen molar-refractivity contribution >= 4 is 17.5 Å². The van der Waals surface area contributed by atoms with E-state index in [4.69, 9.17) is 5.73 Å². The Labute approximate surface area is 196 Å². The zero-order valence-electron chi connectivity index (χ0n) is 19.0. The highest BCUT2D eigenvalue weighted by atomic mass is 19.3. The van der Waals surface area contributed by atoms with Crippen LogP contribution in [0.1, 0.15) is 42.0 Å². The summed E-state index contributed by atoms with van der Waals surface area (Å²) in [4.78, 5) is 21.0. The second-order valence-electron chi connectivity index (χ2n) is 8.73. The maximum atomic E-state index is 15.3. The van der Waals surface area contributed by atoms with Crippen LogP contribution in [0, 0.1) is 5.82 Å². The SMILES string of the molecule is CN(c1ncnc(NCc2ccc(CC(N)=O)cc2)c1F)C1(c2ccc(C(C)(F)F)cc2)CC1. The van der Waals surface area contributed by atoms with E-state index in [2.05, 4.69) is 15.3 Å². The van der Waals surface area contributed by atoms with E-state index in [1.54, 1.807) is 36.2 Å². The molecule has 0 spiro atoms. The minimum absolute atomic E-state index is 0.0583. The zero-order valence-corrected chi connectivity index (χ0v) is 19.0. The van der Waals surface area contributed by atoms with Gasteiger partial charge in [-0.05, 0) is 29.5 Å². The lowest BCUT2D eigenvalue weighted by Crippen LogP contribution is -2.33. The van der Waals surface area contributed by atoms with E-state index < -0.39 is 23.2 Å². The van der Waals surface area contributed by atoms with Gasteiger partial charge in [-0.3, -0.25) is 4.79 Å². The van der Waals surface area contributed by atoms with Gasteiger partial charge < -0.3 is 16.0 Å². The van der Waals surface area contributed by atoms with Crippen molar-refractivity contribution in [3.63, 3.8) is 0 Å². The van der Waals surface area contributed by atoms with Gasteiger partial charge in [0.05, 0.1) is 12.0 Å². The first-order chi connectivity index (χ1) is 16.1. The number of nitrogens with two attached hydrogens (primary N) is 1. The molecule has 34 heavy (non-hydrogen) atoms. The van der Waals surface area contributed by atoms with Crippen LogP contribution in [0.2, 0.25) is 0 Å². The summed E-state index contributed by atoms with van der Waals surface area (Å²) in [6, 6.07) is 13.5. The molecule has 6 nitrogen and oxygen atoms in total. The molecule has 1 aliphatic rings. The van der Waals surface area contributed by atoms with E-state index in [1.807, 2.05) is 12.1 Å². The predicted molar refractivity (Wildman–Crippen MR) is 124 cm³/mol. The molecular weight excluding hydrogens is 443 g/mol. The normalized spacial score (nSPS) is 14.5. The van der Waals surface area contributed by atoms with Crippen LogP contribution < -0.4 is 16.0 Å². The van der Waals surface area contributed by atoms with Crippen LogP contribution in [0.15, 0.2) is 54.9 Å². The molecule has 2 aromatic carbocycles. The zero-order chi connectivity index (χ0) is 24.5. The Morgan fingerprint density at radius 1 is 1.09 bits per heavy atom. The van der Waals surface area contributed by atoms with Crippen LogP contribution in [-0.2, 0) is 29.2 Å². The Balaban J connectivity index is 1.49. The molecule has 0 bridgehead atoms. The van der Waals surface area contributed by atoms with Gasteiger partial charge in [0, 0.05) is 26.1 Å². The number of halogens is 3. The average molecular weight is 470 g/mol. The quantitative estimate of drug-likeness (QED) is 0.482. The van der Waals surface area contributed by atoms with Gasteiger partial charge in [-0.1, -0.05) is 48.5 Å². The summed E-state index contributed by atoms with van der Waals surface area (Å²) < 4.78 is 42.5. The first-order valence-electron chi connectivity index (χ1n) is 10.9. The third-order valence-electron chi connectivity index (χ3n) is 6.24. The minimum atomic E-state index is -2.91. The molecule has 178 valence electrons. The number of primary amides is 1. The molecule has 1 amide bonds. The number of nitrogens with one attached hydrogen (secondary N) is 1. The number of carbonyl (C=O) groups excluding carboxylic acids is 1. The maximum absolute atomic E-state index is 15.3. The first-order valence-corrected chi connectivity index (χ1v) is 10.9. The van der Waals surface area contributed by atoms with Crippen molar-refractivity contribution in [3.05, 3.63) is 82.9 Å². The summed E-state index contributed by atoms with van der Waals surface area (Å²) in [5.74, 6) is -3.70. The van der Waals surface area contributed by atoms with Gasteiger partial charge >= 0.3 is 0 Å². The summed E-state index contributed by atoms with van der Waals surface area (Å²) in [6.07, 6.45) is 2.98. The second-order valence-corrected chi connectivity index (χ2v) is 8.73. The third-order valence-corrected chi connectivity index (χ3v) is 6.24. The standard InChI is InChI=1S/C25H26F3N5O/c1-24(27,28)18-7-9-19(10-8-18)25(11-12-25)33(2)23-21(26)22(31-15-32-23)30-14-17-5-3-16(4-6-17)13-20(29)34/h3-10,15H,11-14H2,1-2H3,(H2,29,34)(H,30,31,32). The van der Waals surface area contributed by atoms with Crippen LogP contribution in [0.5, 0.6) is 0 Å². The Morgan fingerprint density at radius 3 is 2.26 bits per heavy atom. The predicted octanol–water partition coefficient (Wildman–Crippen LogP) is 4.49. The van der Waals surface area contributed by atoms with E-state index in [0.717, 1.165) is 36.5 Å². The van der Waals surface area contributed by atoms with E-state index >= 15 is 4.39 Å². The Kier molecular flexibility index (Phi) is 6.20. The number of alkyl halides is 2. The third kappa shape index (κ3) is 4.83. The van der Waals surface area contributed by atoms with E-state index in [1.165, 1.54) is 18.5 Å². The molecule has 1 saturated carbocycles. The number of benzene rings is 2. The monoisotopic (exact) mass is 469 g/mol. The van der Waals surface area contributed by atoms with Crippen molar-refractivity contribution < 1.29 is 18.0 Å². The molecule has 0 unspecified atom stereocenters. The summed E-state index contributed by atoms with van der Waals surface area (Å²) in [5, 5.41) is 2.99. The van der Waals surface area contributed by atoms with Crippen LogP contribution in [0.4, 0.5) is 24.8 Å². The fourth-order valence-corrected chi connectivity index (χ4v) is 4.09. The van der Waals surface area contributed by atoms with Gasteiger partial charge in [0.1, 0.15) is 6.33 Å². The molecule has 1 aliphatic carbocycles. The molecule has 0 saturated heterocycles. The van der Waals surface area contributed by atoms with Gasteiger partial charge in [-0.15, -0.1) is 0 Å². The average Bonchev–Trinajstić information content (AvgIpc) is 3.60. The highest BCUT2D eigenvalue weighted by molar-refractivity contribution is 5.76. The number of hydrogen-bond donors (Lipinski definition) is 2. The number of rotatable bonds is 9. The molecular formula is C25H26F3N5O. The van der Waals surface area contributed by atoms with E-state index in [9.17, 15) is 13.6 Å². The van der Waals surface area contributed by atoms with Gasteiger partial charge in [-0.2, -0.15) is 4.39 Å². The van der Waals surface area contributed by atoms with Gasteiger partial charge in [0.25, 0.3) is 5.92 Å². The van der Waals surface area contributed by atoms with E-state index in [-0.39, 0.29) is 23.6 Å². The van der Waals surface area contributed by atoms with Crippen LogP contribution in [0.3, 0.4) is 0 Å². The van der Waals surface area contributed by atoms with Crippen molar-refractivity contribution in [2.75, 3.05) is 17.3 Å². The Hall–Kier alpha value is -3.62. The molecule has 9 heteroatoms. The van der Waals surface area contributed by atoms with Gasteiger partial charge in [0.15, 0.2) is 11.6 Å². The van der Waals surface area contributed by atoms with Crippen LogP contribution >= 0.6 is 0 Å². The molecule has 3 aromatic rings. The highest BCUT2D eigenvalue weighted by Crippen LogP contribution is 2.52. The second kappa shape index (κ2) is 8.96. The molecule has 1 heterocycles. The largest absolute Gasteiger partial charge is 0.369 e. The van der Waals surface area contributed by atoms with Crippen LogP contribution in [-0.4, -0.2) is 22.9 Å². The number of aromatic nitrogens is 2. The Bertz CT molecular complexity index is 1170. The lowest BCUT2D eigenvalue weighted by molar-refractivity contribution is -0.117. The summed E-state index contributed by atoms with van der Waals surface area (Å²) in [6.45, 7) is 1.19. The highest BCUT2D eigenvalue weighted by Gasteiger charge is 2.49. The first kappa shape index (κ1) is 23.5. The summed E-state index contributed by atoms with van der Waals surface area (Å²) in [5.41, 5.74) is 7.18. The Morgan fingerprint density at radius 2 is 1.71 bits per heavy atom. The fraction of sp³-hybridized carbons (Fsp3) is 0.320. The summed E-state index contributed by atoms with van der Waals surface area (Å²) >= 11 is 0. The maximum Gasteiger partial charge on any atom is 0.270 e.